The summed E-state index contributed by atoms with van der Waals surface area (Å²) in [5, 5.41) is 0. The number of aromatic nitrogens is 1. The van der Waals surface area contributed by atoms with E-state index in [2.05, 4.69) is 0 Å². The van der Waals surface area contributed by atoms with Gasteiger partial charge in [0.05, 0.1) is 5.88 Å². The molecule has 0 atom stereocenters. The molecular formula is C14H21ClN2O2S. The third kappa shape index (κ3) is 2.76. The van der Waals surface area contributed by atoms with Crippen LogP contribution in [0.1, 0.15) is 38.3 Å². The lowest BCUT2D eigenvalue weighted by atomic mass is 10.4. The summed E-state index contributed by atoms with van der Waals surface area (Å²) in [6, 6.07) is 1.96. The average Bonchev–Trinajstić information content (AvgIpc) is 3.33. The van der Waals surface area contributed by atoms with Gasteiger partial charge >= 0.3 is 0 Å². The molecule has 112 valence electrons. The Bertz CT molecular complexity index is 567. The van der Waals surface area contributed by atoms with E-state index in [1.807, 2.05) is 11.5 Å². The van der Waals surface area contributed by atoms with Gasteiger partial charge in [0.25, 0.3) is 0 Å². The second kappa shape index (κ2) is 5.35. The summed E-state index contributed by atoms with van der Waals surface area (Å²) in [5.74, 6) is 0.918. The summed E-state index contributed by atoms with van der Waals surface area (Å²) in [4.78, 5) is 0.405. The Morgan fingerprint density at radius 3 is 2.50 bits per heavy atom. The second-order valence-corrected chi connectivity index (χ2v) is 7.99. The molecule has 0 radical (unpaired) electrons. The Hall–Kier alpha value is -0.520. The minimum atomic E-state index is -3.36. The molecule has 0 aliphatic heterocycles. The maximum atomic E-state index is 12.8. The molecule has 0 spiro atoms. The van der Waals surface area contributed by atoms with Crippen molar-refractivity contribution >= 4 is 21.6 Å². The first-order valence-electron chi connectivity index (χ1n) is 7.33. The van der Waals surface area contributed by atoms with Crippen molar-refractivity contribution in [2.24, 2.45) is 5.92 Å². The largest absolute Gasteiger partial charge is 0.349 e. The molecule has 0 aromatic carbocycles. The van der Waals surface area contributed by atoms with Gasteiger partial charge < -0.3 is 4.57 Å². The minimum absolute atomic E-state index is 0.227. The Labute approximate surface area is 125 Å². The highest BCUT2D eigenvalue weighted by atomic mass is 35.5. The molecule has 6 heteroatoms. The summed E-state index contributed by atoms with van der Waals surface area (Å²) in [7, 11) is -3.36. The predicted molar refractivity (Wildman–Crippen MR) is 79.3 cm³/mol. The van der Waals surface area contributed by atoms with Crippen molar-refractivity contribution in [3.63, 3.8) is 0 Å². The van der Waals surface area contributed by atoms with Crippen LogP contribution in [0, 0.1) is 5.92 Å². The van der Waals surface area contributed by atoms with Crippen molar-refractivity contribution in [1.82, 2.24) is 8.87 Å². The predicted octanol–water partition coefficient (Wildman–Crippen LogP) is 2.81. The zero-order chi connectivity index (χ0) is 14.3. The molecule has 1 aromatic heterocycles. The highest BCUT2D eigenvalue weighted by Gasteiger charge is 2.41. The third-order valence-corrected chi connectivity index (χ3v) is 6.29. The Morgan fingerprint density at radius 2 is 2.05 bits per heavy atom. The number of sulfonamides is 1. The molecule has 0 saturated heterocycles. The SMILES string of the molecule is CCn1cc(S(=O)(=O)N(CC2CC2)C2CC2)cc1CCl. The van der Waals surface area contributed by atoms with Crippen molar-refractivity contribution in [2.45, 2.75) is 56.0 Å². The maximum Gasteiger partial charge on any atom is 0.244 e. The van der Waals surface area contributed by atoms with Crippen LogP contribution in [-0.4, -0.2) is 29.9 Å². The Balaban J connectivity index is 1.90. The van der Waals surface area contributed by atoms with Crippen LogP contribution in [0.4, 0.5) is 0 Å². The molecule has 0 bridgehead atoms. The van der Waals surface area contributed by atoms with Crippen molar-refractivity contribution < 1.29 is 8.42 Å². The van der Waals surface area contributed by atoms with Crippen LogP contribution in [0.2, 0.25) is 0 Å². The molecule has 0 amide bonds. The van der Waals surface area contributed by atoms with Gasteiger partial charge in [-0.3, -0.25) is 0 Å². The summed E-state index contributed by atoms with van der Waals surface area (Å²) in [6.45, 7) is 3.43. The fraction of sp³-hybridized carbons (Fsp3) is 0.714. The maximum absolute atomic E-state index is 12.8. The summed E-state index contributed by atoms with van der Waals surface area (Å²) < 4.78 is 29.3. The first-order valence-corrected chi connectivity index (χ1v) is 9.30. The highest BCUT2D eigenvalue weighted by Crippen LogP contribution is 2.38. The van der Waals surface area contributed by atoms with E-state index in [9.17, 15) is 8.42 Å². The van der Waals surface area contributed by atoms with Crippen LogP contribution < -0.4 is 0 Å². The number of alkyl halides is 1. The Morgan fingerprint density at radius 1 is 1.35 bits per heavy atom. The van der Waals surface area contributed by atoms with Crippen molar-refractivity contribution in [3.05, 3.63) is 18.0 Å². The van der Waals surface area contributed by atoms with E-state index >= 15 is 0 Å². The number of aryl methyl sites for hydroxylation is 1. The van der Waals surface area contributed by atoms with Gasteiger partial charge in [0.2, 0.25) is 10.0 Å². The number of nitrogens with zero attached hydrogens (tertiary/aromatic N) is 2. The molecule has 2 fully saturated rings. The normalized spacial score (nSPS) is 19.8. The van der Waals surface area contributed by atoms with E-state index in [1.54, 1.807) is 16.6 Å². The fourth-order valence-corrected chi connectivity index (χ4v) is 4.63. The molecule has 20 heavy (non-hydrogen) atoms. The standard InChI is InChI=1S/C14H21ClN2O2S/c1-2-16-10-14(7-13(16)8-15)20(18,19)17(12-5-6-12)9-11-3-4-11/h7,10-12H,2-6,8-9H2,1H3. The van der Waals surface area contributed by atoms with E-state index in [-0.39, 0.29) is 6.04 Å². The fourth-order valence-electron chi connectivity index (χ4n) is 2.57. The van der Waals surface area contributed by atoms with Gasteiger partial charge in [0, 0.05) is 31.0 Å². The van der Waals surface area contributed by atoms with Crippen LogP contribution in [0.25, 0.3) is 0 Å². The summed E-state index contributed by atoms with van der Waals surface area (Å²) >= 11 is 5.89. The lowest BCUT2D eigenvalue weighted by Gasteiger charge is -2.20. The van der Waals surface area contributed by atoms with Crippen LogP contribution in [0.15, 0.2) is 17.2 Å². The van der Waals surface area contributed by atoms with E-state index in [0.717, 1.165) is 25.1 Å². The topological polar surface area (TPSA) is 42.3 Å². The molecule has 1 aromatic rings. The van der Waals surface area contributed by atoms with Crippen LogP contribution in [-0.2, 0) is 22.4 Å². The summed E-state index contributed by atoms with van der Waals surface area (Å²) in [6.07, 6.45) is 6.07. The molecule has 0 unspecified atom stereocenters. The van der Waals surface area contributed by atoms with Gasteiger partial charge in [-0.1, -0.05) is 0 Å². The van der Waals surface area contributed by atoms with Crippen molar-refractivity contribution in [3.8, 4) is 0 Å². The van der Waals surface area contributed by atoms with Crippen molar-refractivity contribution in [2.75, 3.05) is 6.54 Å². The zero-order valence-electron chi connectivity index (χ0n) is 11.8. The third-order valence-electron chi connectivity index (χ3n) is 4.13. The molecule has 2 aliphatic rings. The highest BCUT2D eigenvalue weighted by molar-refractivity contribution is 7.89. The smallest absolute Gasteiger partial charge is 0.244 e. The monoisotopic (exact) mass is 316 g/mol. The van der Waals surface area contributed by atoms with Gasteiger partial charge in [-0.05, 0) is 44.6 Å². The van der Waals surface area contributed by atoms with Crippen LogP contribution >= 0.6 is 11.6 Å². The van der Waals surface area contributed by atoms with Crippen molar-refractivity contribution in [1.29, 1.82) is 0 Å². The summed E-state index contributed by atoms with van der Waals surface area (Å²) in [5.41, 5.74) is 0.870. The molecular weight excluding hydrogens is 296 g/mol. The number of hydrogen-bond donors (Lipinski definition) is 0. The van der Waals surface area contributed by atoms with Gasteiger partial charge in [0.15, 0.2) is 0 Å². The molecule has 2 aliphatic carbocycles. The lowest BCUT2D eigenvalue weighted by Crippen LogP contribution is -2.34. The first-order chi connectivity index (χ1) is 9.56. The quantitative estimate of drug-likeness (QED) is 0.726. The van der Waals surface area contributed by atoms with Crippen LogP contribution in [0.3, 0.4) is 0 Å². The van der Waals surface area contributed by atoms with E-state index in [1.165, 1.54) is 12.8 Å². The average molecular weight is 317 g/mol. The molecule has 0 N–H and O–H groups in total. The van der Waals surface area contributed by atoms with Crippen LogP contribution in [0.5, 0.6) is 0 Å². The molecule has 4 nitrogen and oxygen atoms in total. The molecule has 1 heterocycles. The lowest BCUT2D eigenvalue weighted by molar-refractivity contribution is 0.388. The van der Waals surface area contributed by atoms with Gasteiger partial charge in [-0.25, -0.2) is 8.42 Å². The molecule has 2 saturated carbocycles. The first kappa shape index (κ1) is 14.4. The second-order valence-electron chi connectivity index (χ2n) is 5.84. The number of halogens is 1. The van der Waals surface area contributed by atoms with E-state index < -0.39 is 10.0 Å². The van der Waals surface area contributed by atoms with Gasteiger partial charge in [0.1, 0.15) is 4.90 Å². The van der Waals surface area contributed by atoms with E-state index in [4.69, 9.17) is 11.6 Å². The van der Waals surface area contributed by atoms with Gasteiger partial charge in [-0.2, -0.15) is 4.31 Å². The Kier molecular flexibility index (Phi) is 3.86. The van der Waals surface area contributed by atoms with E-state index in [0.29, 0.717) is 23.2 Å². The number of hydrogen-bond acceptors (Lipinski definition) is 2. The number of rotatable bonds is 7. The van der Waals surface area contributed by atoms with Gasteiger partial charge in [-0.15, -0.1) is 11.6 Å². The minimum Gasteiger partial charge on any atom is -0.349 e. The molecule has 3 rings (SSSR count). The zero-order valence-corrected chi connectivity index (χ0v) is 13.3.